The third-order valence-corrected chi connectivity index (χ3v) is 8.14. The molecule has 1 fully saturated rings. The van der Waals surface area contributed by atoms with Gasteiger partial charge in [-0.25, -0.2) is 9.97 Å². The average Bonchev–Trinajstić information content (AvgIpc) is 3.33. The summed E-state index contributed by atoms with van der Waals surface area (Å²) in [6, 6.07) is 9.86. The van der Waals surface area contributed by atoms with Crippen molar-refractivity contribution in [2.75, 3.05) is 26.0 Å². The minimum absolute atomic E-state index is 0.0217. The number of ether oxygens (including phenoxy) is 1. The summed E-state index contributed by atoms with van der Waals surface area (Å²) < 4.78 is 5.33. The Kier molecular flexibility index (Phi) is 7.85. The minimum atomic E-state index is -0.0933. The number of carbonyl (C=O) groups excluding carboxylic acids is 2. The van der Waals surface area contributed by atoms with Crippen molar-refractivity contribution >= 4 is 45.7 Å². The van der Waals surface area contributed by atoms with E-state index in [-0.39, 0.29) is 23.5 Å². The van der Waals surface area contributed by atoms with Crippen LogP contribution in [0, 0.1) is 6.92 Å². The van der Waals surface area contributed by atoms with E-state index in [1.807, 2.05) is 25.1 Å². The van der Waals surface area contributed by atoms with Crippen LogP contribution in [0.3, 0.4) is 0 Å². The summed E-state index contributed by atoms with van der Waals surface area (Å²) in [7, 11) is 1.62. The fourth-order valence-electron chi connectivity index (χ4n) is 4.06. The van der Waals surface area contributed by atoms with Gasteiger partial charge in [-0.15, -0.1) is 11.3 Å². The standard InChI is InChI=1S/C25H30N4O3S2/c1-15(2)29-11-9-17(10-12-29)28-24(31)23-8-7-22(34-23)21(30)14-33-25-19-13-18(32-4)5-6-20(19)26-16(3)27-25/h5-8,13,15,17H,9-12,14H2,1-4H3,(H,28,31). The van der Waals surface area contributed by atoms with Gasteiger partial charge in [-0.05, 0) is 63.9 Å². The molecule has 3 heterocycles. The first-order valence-corrected chi connectivity index (χ1v) is 13.3. The number of carbonyl (C=O) groups is 2. The summed E-state index contributed by atoms with van der Waals surface area (Å²) in [5.74, 6) is 1.49. The van der Waals surface area contributed by atoms with Gasteiger partial charge < -0.3 is 15.0 Å². The van der Waals surface area contributed by atoms with E-state index >= 15 is 0 Å². The first-order valence-electron chi connectivity index (χ1n) is 11.5. The number of Topliss-reactive ketones (excluding diaryl/α,β-unsaturated/α-hetero) is 1. The third-order valence-electron chi connectivity index (χ3n) is 6.02. The van der Waals surface area contributed by atoms with Crippen LogP contribution in [0.25, 0.3) is 10.9 Å². The van der Waals surface area contributed by atoms with Gasteiger partial charge in [0.15, 0.2) is 5.78 Å². The topological polar surface area (TPSA) is 84.4 Å². The lowest BCUT2D eigenvalue weighted by atomic mass is 10.0. The quantitative estimate of drug-likeness (QED) is 0.276. The van der Waals surface area contributed by atoms with E-state index in [4.69, 9.17) is 4.74 Å². The number of aryl methyl sites for hydroxylation is 1. The van der Waals surface area contributed by atoms with E-state index < -0.39 is 0 Å². The number of amides is 1. The van der Waals surface area contributed by atoms with Crippen molar-refractivity contribution in [3.05, 3.63) is 45.9 Å². The highest BCUT2D eigenvalue weighted by atomic mass is 32.2. The summed E-state index contributed by atoms with van der Waals surface area (Å²) in [6.45, 7) is 8.24. The molecule has 0 unspecified atom stereocenters. The Bertz CT molecular complexity index is 1190. The molecule has 7 nitrogen and oxygen atoms in total. The molecular weight excluding hydrogens is 468 g/mol. The molecule has 180 valence electrons. The Morgan fingerprint density at radius 3 is 2.62 bits per heavy atom. The van der Waals surface area contributed by atoms with Crippen LogP contribution in [0.2, 0.25) is 0 Å². The minimum Gasteiger partial charge on any atom is -0.497 e. The molecule has 0 spiro atoms. The second-order valence-electron chi connectivity index (χ2n) is 8.71. The Labute approximate surface area is 208 Å². The highest BCUT2D eigenvalue weighted by molar-refractivity contribution is 8.00. The molecule has 0 aliphatic carbocycles. The number of thiophene rings is 1. The molecule has 1 N–H and O–H groups in total. The Morgan fingerprint density at radius 1 is 1.18 bits per heavy atom. The molecule has 1 aromatic carbocycles. The van der Waals surface area contributed by atoms with Crippen LogP contribution in [-0.2, 0) is 0 Å². The number of thioether (sulfide) groups is 1. The molecule has 4 rings (SSSR count). The Hall–Kier alpha value is -2.49. The predicted molar refractivity (Wildman–Crippen MR) is 137 cm³/mol. The highest BCUT2D eigenvalue weighted by Gasteiger charge is 2.23. The maximum absolute atomic E-state index is 12.9. The zero-order valence-electron chi connectivity index (χ0n) is 20.0. The van der Waals surface area contributed by atoms with Gasteiger partial charge in [-0.3, -0.25) is 9.59 Å². The first kappa shape index (κ1) is 24.6. The summed E-state index contributed by atoms with van der Waals surface area (Å²) in [6.07, 6.45) is 1.91. The molecule has 34 heavy (non-hydrogen) atoms. The first-order chi connectivity index (χ1) is 16.3. The van der Waals surface area contributed by atoms with E-state index in [2.05, 4.69) is 34.0 Å². The molecule has 0 atom stereocenters. The summed E-state index contributed by atoms with van der Waals surface area (Å²) in [4.78, 5) is 38.2. The zero-order valence-corrected chi connectivity index (χ0v) is 21.6. The highest BCUT2D eigenvalue weighted by Crippen LogP contribution is 2.30. The monoisotopic (exact) mass is 498 g/mol. The van der Waals surface area contributed by atoms with Crippen molar-refractivity contribution in [1.29, 1.82) is 0 Å². The molecular formula is C25H30N4O3S2. The fourth-order valence-corrected chi connectivity index (χ4v) is 5.94. The number of hydrogen-bond acceptors (Lipinski definition) is 8. The molecule has 1 aliphatic rings. The normalized spacial score (nSPS) is 15.1. The smallest absolute Gasteiger partial charge is 0.261 e. The maximum Gasteiger partial charge on any atom is 0.261 e. The van der Waals surface area contributed by atoms with Gasteiger partial charge in [0.2, 0.25) is 0 Å². The molecule has 1 amide bonds. The second kappa shape index (κ2) is 10.8. The van der Waals surface area contributed by atoms with Gasteiger partial charge in [-0.2, -0.15) is 0 Å². The van der Waals surface area contributed by atoms with Crippen LogP contribution in [-0.4, -0.2) is 64.6 Å². The van der Waals surface area contributed by atoms with E-state index in [9.17, 15) is 9.59 Å². The number of ketones is 1. The summed E-state index contributed by atoms with van der Waals surface area (Å²) >= 11 is 2.63. The van der Waals surface area contributed by atoms with Crippen molar-refractivity contribution in [2.45, 2.75) is 50.7 Å². The average molecular weight is 499 g/mol. The molecule has 1 saturated heterocycles. The van der Waals surface area contributed by atoms with E-state index in [1.165, 1.54) is 23.1 Å². The number of aromatic nitrogens is 2. The van der Waals surface area contributed by atoms with Crippen LogP contribution in [0.1, 0.15) is 51.9 Å². The number of methoxy groups -OCH3 is 1. The van der Waals surface area contributed by atoms with Crippen LogP contribution >= 0.6 is 23.1 Å². The fraction of sp³-hybridized carbons (Fsp3) is 0.440. The number of benzene rings is 1. The van der Waals surface area contributed by atoms with Crippen LogP contribution < -0.4 is 10.1 Å². The molecule has 0 saturated carbocycles. The number of rotatable bonds is 8. The van der Waals surface area contributed by atoms with Crippen LogP contribution in [0.4, 0.5) is 0 Å². The Morgan fingerprint density at radius 2 is 1.91 bits per heavy atom. The number of nitrogens with zero attached hydrogens (tertiary/aromatic N) is 3. The predicted octanol–water partition coefficient (Wildman–Crippen LogP) is 4.59. The molecule has 1 aliphatic heterocycles. The molecule has 0 bridgehead atoms. The maximum atomic E-state index is 12.9. The lowest BCUT2D eigenvalue weighted by Gasteiger charge is -2.34. The molecule has 9 heteroatoms. The third kappa shape index (κ3) is 5.76. The van der Waals surface area contributed by atoms with Crippen molar-refractivity contribution in [2.24, 2.45) is 0 Å². The van der Waals surface area contributed by atoms with Gasteiger partial charge >= 0.3 is 0 Å². The van der Waals surface area contributed by atoms with Crippen LogP contribution in [0.5, 0.6) is 5.75 Å². The second-order valence-corrected chi connectivity index (χ2v) is 10.8. The van der Waals surface area contributed by atoms with Crippen molar-refractivity contribution < 1.29 is 14.3 Å². The van der Waals surface area contributed by atoms with Gasteiger partial charge in [0.1, 0.15) is 16.6 Å². The summed E-state index contributed by atoms with van der Waals surface area (Å²) in [5.41, 5.74) is 0.817. The summed E-state index contributed by atoms with van der Waals surface area (Å²) in [5, 5.41) is 4.75. The van der Waals surface area contributed by atoms with Crippen molar-refractivity contribution in [1.82, 2.24) is 20.2 Å². The van der Waals surface area contributed by atoms with E-state index in [0.717, 1.165) is 47.6 Å². The zero-order chi connectivity index (χ0) is 24.2. The number of piperidine rings is 1. The lowest BCUT2D eigenvalue weighted by Crippen LogP contribution is -2.46. The number of nitrogens with one attached hydrogen (secondary N) is 1. The van der Waals surface area contributed by atoms with Crippen LogP contribution in [0.15, 0.2) is 35.4 Å². The number of likely N-dealkylation sites (tertiary alicyclic amines) is 1. The van der Waals surface area contributed by atoms with E-state index in [1.54, 1.807) is 19.2 Å². The number of hydrogen-bond donors (Lipinski definition) is 1. The van der Waals surface area contributed by atoms with Gasteiger partial charge in [-0.1, -0.05) is 11.8 Å². The van der Waals surface area contributed by atoms with Crippen molar-refractivity contribution in [3.8, 4) is 5.75 Å². The SMILES string of the molecule is COc1ccc2nc(C)nc(SCC(=O)c3ccc(C(=O)NC4CCN(C(C)C)CC4)s3)c2c1. The van der Waals surface area contributed by atoms with Gasteiger partial charge in [0.05, 0.1) is 28.1 Å². The van der Waals surface area contributed by atoms with E-state index in [0.29, 0.717) is 21.6 Å². The Balaban J connectivity index is 1.37. The van der Waals surface area contributed by atoms with Gasteiger partial charge in [0, 0.05) is 30.6 Å². The largest absolute Gasteiger partial charge is 0.497 e. The molecule has 0 radical (unpaired) electrons. The molecule has 2 aromatic heterocycles. The molecule has 3 aromatic rings. The van der Waals surface area contributed by atoms with Gasteiger partial charge in [0.25, 0.3) is 5.91 Å². The van der Waals surface area contributed by atoms with Crippen molar-refractivity contribution in [3.63, 3.8) is 0 Å². The lowest BCUT2D eigenvalue weighted by molar-refractivity contribution is 0.0904. The number of fused-ring (bicyclic) bond motifs is 1.